The van der Waals surface area contributed by atoms with Crippen LogP contribution in [0.4, 0.5) is 0 Å². The van der Waals surface area contributed by atoms with Gasteiger partial charge in [-0.05, 0) is 19.1 Å². The zero-order valence-electron chi connectivity index (χ0n) is 21.0. The first-order valence-electron chi connectivity index (χ1n) is 11.5. The Labute approximate surface area is 216 Å². The van der Waals surface area contributed by atoms with Crippen molar-refractivity contribution >= 4 is 11.3 Å². The normalized spacial score (nSPS) is 18.1. The molecule has 1 aliphatic heterocycles. The second kappa shape index (κ2) is 12.4. The number of nitrogens with zero attached hydrogens (tertiary/aromatic N) is 5. The molecule has 4 atom stereocenters. The maximum Gasteiger partial charge on any atom is 0.231 e. The van der Waals surface area contributed by atoms with Crippen LogP contribution in [0.25, 0.3) is 5.69 Å². The summed E-state index contributed by atoms with van der Waals surface area (Å²) in [5, 5.41) is 8.97. The van der Waals surface area contributed by atoms with Crippen molar-refractivity contribution in [2.75, 3.05) is 41.2 Å². The van der Waals surface area contributed by atoms with Gasteiger partial charge in [0.15, 0.2) is 11.6 Å². The highest BCUT2D eigenvalue weighted by molar-refractivity contribution is 7.77. The topological polar surface area (TPSA) is 152 Å². The molecule has 1 aromatic carbocycles. The van der Waals surface area contributed by atoms with Crippen molar-refractivity contribution in [2.24, 2.45) is 0 Å². The predicted octanol–water partition coefficient (Wildman–Crippen LogP) is 1.61. The molecule has 2 N–H and O–H groups in total. The minimum atomic E-state index is -2.25. The first kappa shape index (κ1) is 26.9. The summed E-state index contributed by atoms with van der Waals surface area (Å²) in [6.45, 7) is 2.99. The van der Waals surface area contributed by atoms with E-state index in [1.54, 1.807) is 33.5 Å². The fourth-order valence-corrected chi connectivity index (χ4v) is 4.64. The summed E-state index contributed by atoms with van der Waals surface area (Å²) in [6, 6.07) is 4.93. The number of ether oxygens (including phenoxy) is 5. The smallest absolute Gasteiger partial charge is 0.231 e. The Hall–Kier alpha value is -3.17. The summed E-state index contributed by atoms with van der Waals surface area (Å²) in [5.74, 6) is 2.57. The number of benzene rings is 1. The van der Waals surface area contributed by atoms with Crippen LogP contribution >= 0.6 is 0 Å². The molecule has 0 spiro atoms. The Kier molecular flexibility index (Phi) is 9.00. The van der Waals surface area contributed by atoms with Crippen molar-refractivity contribution in [1.82, 2.24) is 29.5 Å². The minimum absolute atomic E-state index is 0.249. The lowest BCUT2D eigenvalue weighted by Crippen LogP contribution is -2.35. The van der Waals surface area contributed by atoms with Gasteiger partial charge in [-0.3, -0.25) is 9.12 Å². The molecule has 4 rings (SSSR count). The Balaban J connectivity index is 1.84. The number of aromatic nitrogens is 5. The van der Waals surface area contributed by atoms with Crippen LogP contribution in [0, 0.1) is 0 Å². The molecular formula is C23H30N6O7S. The van der Waals surface area contributed by atoms with E-state index in [2.05, 4.69) is 24.9 Å². The number of rotatable bonds is 11. The average molecular weight is 535 g/mol. The summed E-state index contributed by atoms with van der Waals surface area (Å²) in [5.41, 5.74) is 0.595. The van der Waals surface area contributed by atoms with Gasteiger partial charge < -0.3 is 23.7 Å². The van der Waals surface area contributed by atoms with Crippen LogP contribution in [0.5, 0.6) is 17.2 Å². The van der Waals surface area contributed by atoms with Crippen LogP contribution in [-0.2, 0) is 27.2 Å². The van der Waals surface area contributed by atoms with Crippen molar-refractivity contribution in [3.05, 3.63) is 48.1 Å². The van der Waals surface area contributed by atoms with E-state index in [0.717, 1.165) is 0 Å². The lowest BCUT2D eigenvalue weighted by atomic mass is 9.96. The molecule has 14 heteroatoms. The lowest BCUT2D eigenvalue weighted by molar-refractivity contribution is -0.0942. The highest BCUT2D eigenvalue weighted by Crippen LogP contribution is 2.37. The van der Waals surface area contributed by atoms with Gasteiger partial charge in [-0.2, -0.15) is 0 Å². The molecule has 13 nitrogen and oxygen atoms in total. The molecule has 1 aliphatic rings. The zero-order chi connectivity index (χ0) is 26.4. The molecule has 0 aliphatic carbocycles. The molecule has 0 radical (unpaired) electrons. The molecule has 3 aromatic rings. The maximum atomic E-state index is 11.6. The highest BCUT2D eigenvalue weighted by atomic mass is 32.2. The Bertz CT molecular complexity index is 1180. The molecule has 1 unspecified atom stereocenters. The molecule has 2 aromatic heterocycles. The van der Waals surface area contributed by atoms with E-state index in [0.29, 0.717) is 60.2 Å². The van der Waals surface area contributed by atoms with Crippen molar-refractivity contribution < 1.29 is 32.4 Å². The van der Waals surface area contributed by atoms with Gasteiger partial charge in [-0.1, -0.05) is 6.07 Å². The molecular weight excluding hydrogens is 504 g/mol. The van der Waals surface area contributed by atoms with Crippen LogP contribution < -0.4 is 18.9 Å². The van der Waals surface area contributed by atoms with Gasteiger partial charge in [0.1, 0.15) is 34.9 Å². The van der Waals surface area contributed by atoms with E-state index in [1.165, 1.54) is 7.11 Å². The second-order valence-corrected chi connectivity index (χ2v) is 8.94. The van der Waals surface area contributed by atoms with Gasteiger partial charge in [0.2, 0.25) is 11.3 Å². The summed E-state index contributed by atoms with van der Waals surface area (Å²) < 4.78 is 53.7. The van der Waals surface area contributed by atoms with Gasteiger partial charge in [-0.25, -0.2) is 18.9 Å². The van der Waals surface area contributed by atoms with Crippen LogP contribution in [0.3, 0.4) is 0 Å². The van der Waals surface area contributed by atoms with Crippen molar-refractivity contribution in [1.29, 1.82) is 0 Å². The van der Waals surface area contributed by atoms with E-state index < -0.39 is 29.3 Å². The molecule has 3 heterocycles. The number of hydrogen-bond donors (Lipinski definition) is 2. The Morgan fingerprint density at radius 2 is 1.84 bits per heavy atom. The Morgan fingerprint density at radius 3 is 2.41 bits per heavy atom. The zero-order valence-corrected chi connectivity index (χ0v) is 21.8. The van der Waals surface area contributed by atoms with E-state index in [9.17, 15) is 8.76 Å². The molecule has 37 heavy (non-hydrogen) atoms. The molecule has 200 valence electrons. The van der Waals surface area contributed by atoms with Gasteiger partial charge >= 0.3 is 0 Å². The minimum Gasteiger partial charge on any atom is -0.494 e. The number of methoxy groups -OCH3 is 3. The molecule has 1 saturated heterocycles. The summed E-state index contributed by atoms with van der Waals surface area (Å²) >= 11 is -2.25. The van der Waals surface area contributed by atoms with Crippen molar-refractivity contribution in [2.45, 2.75) is 31.4 Å². The van der Waals surface area contributed by atoms with E-state index >= 15 is 0 Å². The monoisotopic (exact) mass is 534 g/mol. The third-order valence-electron chi connectivity index (χ3n) is 5.99. The number of nitrogens with one attached hydrogen (secondary N) is 1. The van der Waals surface area contributed by atoms with E-state index in [-0.39, 0.29) is 6.42 Å². The summed E-state index contributed by atoms with van der Waals surface area (Å²) in [6.07, 6.45) is 2.87. The highest BCUT2D eigenvalue weighted by Gasteiger charge is 2.32. The summed E-state index contributed by atoms with van der Waals surface area (Å²) in [7, 11) is 4.66. The fourth-order valence-electron chi connectivity index (χ4n) is 4.16. The largest absolute Gasteiger partial charge is 0.494 e. The molecule has 1 fully saturated rings. The van der Waals surface area contributed by atoms with Crippen molar-refractivity contribution in [3.8, 4) is 22.9 Å². The lowest BCUT2D eigenvalue weighted by Gasteiger charge is -2.26. The maximum absolute atomic E-state index is 11.6. The van der Waals surface area contributed by atoms with E-state index in [1.807, 2.05) is 22.8 Å². The number of para-hydroxylation sites is 1. The number of hydrogen-bond acceptors (Lipinski definition) is 10. The third kappa shape index (κ3) is 6.05. The second-order valence-electron chi connectivity index (χ2n) is 8.20. The average Bonchev–Trinajstić information content (AvgIpc) is 3.34. The van der Waals surface area contributed by atoms with Gasteiger partial charge in [0, 0.05) is 18.4 Å². The summed E-state index contributed by atoms with van der Waals surface area (Å²) in [4.78, 5) is 8.87. The Morgan fingerprint density at radius 1 is 1.14 bits per heavy atom. The fraction of sp³-hybridized carbons (Fsp3) is 0.478. The first-order chi connectivity index (χ1) is 18.0. The third-order valence-corrected chi connectivity index (χ3v) is 6.57. The molecule has 0 amide bonds. The van der Waals surface area contributed by atoms with Gasteiger partial charge in [0.25, 0.3) is 0 Å². The van der Waals surface area contributed by atoms with Crippen LogP contribution in [0.1, 0.15) is 36.4 Å². The van der Waals surface area contributed by atoms with E-state index in [4.69, 9.17) is 23.7 Å². The quantitative estimate of drug-likeness (QED) is 0.345. The molecule has 0 saturated carbocycles. The van der Waals surface area contributed by atoms with Gasteiger partial charge in [-0.15, -0.1) is 10.2 Å². The van der Waals surface area contributed by atoms with Crippen LogP contribution in [-0.4, -0.2) is 80.7 Å². The van der Waals surface area contributed by atoms with Crippen LogP contribution in [0.2, 0.25) is 0 Å². The SMILES string of the molecule is COc1cnc([C@H](Cc2nnc([C@@H]3COCCO3)n2-c2c(OC)cccc2OC)[C@@H](C)NS(=O)O)nc1. The predicted molar refractivity (Wildman–Crippen MR) is 132 cm³/mol. The molecule has 0 bridgehead atoms. The van der Waals surface area contributed by atoms with Crippen LogP contribution in [0.15, 0.2) is 30.6 Å². The van der Waals surface area contributed by atoms with Gasteiger partial charge in [0.05, 0.1) is 53.5 Å². The van der Waals surface area contributed by atoms with Crippen molar-refractivity contribution in [3.63, 3.8) is 0 Å². The standard InChI is InChI=1S/C23H30N6O7S/c1-14(28-37(30)31)16(22-24-11-15(32-2)12-25-22)10-20-26-27-23(19-13-35-8-9-36-19)29(20)21-17(33-3)6-5-7-18(21)34-4/h5-7,11-12,14,16,19,28H,8-10,13H2,1-4H3,(H,30,31)/t14-,16-,19+/m1/s1. The first-order valence-corrected chi connectivity index (χ1v) is 12.6.